The summed E-state index contributed by atoms with van der Waals surface area (Å²) in [6.45, 7) is 5.52. The SMILES string of the molecule is CO[C@H]1[C@H](O[C@@H]2C[C@@H]3C/C=C/C(=O)O[C@H](CO)C[C@H](O)[C@@H]4C[C@H](C)[C@H](C/C=C\C=C\[C@H](C)C[C@H](C2)O3)O4)O[C@@H](C)[C@H](O)[C@H]1O. The number of aliphatic hydroxyl groups excluding tert-OH is 4. The van der Waals surface area contributed by atoms with Crippen molar-refractivity contribution in [2.24, 2.45) is 11.8 Å². The smallest absolute Gasteiger partial charge is 0.330 e. The third-order valence-electron chi connectivity index (χ3n) is 9.17. The molecule has 11 nitrogen and oxygen atoms in total. The standard InChI is InChI=1S/C33H52O11/c1-19-9-6-5-7-11-27-20(2)14-28(44-27)26(35)17-25(18-34)42-29(36)12-8-10-22-15-24(16-23(13-19)41-22)43-33-32(39-4)31(38)30(37)21(3)40-33/h5-9,12,19-28,30-35,37-38H,10-11,13-18H2,1-4H3/b7-5-,9-6+,12-8+/t19-,20-,21-,22-,23+,24+,25-,26-,27-,28-,30-,31+,32+,33-/m0/s1. The van der Waals surface area contributed by atoms with Crippen LogP contribution in [0.15, 0.2) is 36.5 Å². The molecular formula is C33H52O11. The minimum atomic E-state index is -1.15. The van der Waals surface area contributed by atoms with Gasteiger partial charge in [-0.05, 0) is 44.4 Å². The first-order valence-electron chi connectivity index (χ1n) is 16.1. The van der Waals surface area contributed by atoms with Crippen molar-refractivity contribution in [1.82, 2.24) is 0 Å². The molecule has 44 heavy (non-hydrogen) atoms. The van der Waals surface area contributed by atoms with Gasteiger partial charge >= 0.3 is 5.97 Å². The van der Waals surface area contributed by atoms with E-state index in [-0.39, 0.29) is 48.8 Å². The number of fused-ring (bicyclic) bond motifs is 4. The molecule has 14 atom stereocenters. The molecule has 4 heterocycles. The first-order valence-corrected chi connectivity index (χ1v) is 16.1. The molecule has 0 aromatic rings. The fraction of sp³-hybridized carbons (Fsp3) is 0.788. The van der Waals surface area contributed by atoms with Gasteiger partial charge in [0, 0.05) is 32.4 Å². The number of cyclic esters (lactones) is 1. The minimum Gasteiger partial charge on any atom is -0.457 e. The molecule has 0 spiro atoms. The molecule has 0 aliphatic carbocycles. The average Bonchev–Trinajstić information content (AvgIpc) is 3.35. The van der Waals surface area contributed by atoms with Gasteiger partial charge in [-0.2, -0.15) is 0 Å². The van der Waals surface area contributed by atoms with Crippen LogP contribution in [0.3, 0.4) is 0 Å². The van der Waals surface area contributed by atoms with E-state index in [0.29, 0.717) is 25.7 Å². The fourth-order valence-electron chi connectivity index (χ4n) is 6.64. The van der Waals surface area contributed by atoms with Crippen LogP contribution in [0.25, 0.3) is 0 Å². The second-order valence-corrected chi connectivity index (χ2v) is 12.9. The van der Waals surface area contributed by atoms with Crippen molar-refractivity contribution in [2.75, 3.05) is 13.7 Å². The van der Waals surface area contributed by atoms with Crippen LogP contribution >= 0.6 is 0 Å². The highest BCUT2D eigenvalue weighted by atomic mass is 16.7. The number of carbonyl (C=O) groups excluding carboxylic acids is 1. The van der Waals surface area contributed by atoms with E-state index in [9.17, 15) is 25.2 Å². The zero-order valence-corrected chi connectivity index (χ0v) is 26.4. The fourth-order valence-corrected chi connectivity index (χ4v) is 6.64. The number of esters is 1. The van der Waals surface area contributed by atoms with Crippen LogP contribution in [0, 0.1) is 11.8 Å². The lowest BCUT2D eigenvalue weighted by molar-refractivity contribution is -0.315. The quantitative estimate of drug-likeness (QED) is 0.341. The highest BCUT2D eigenvalue weighted by Crippen LogP contribution is 2.33. The molecule has 0 aromatic heterocycles. The van der Waals surface area contributed by atoms with E-state index in [1.807, 2.05) is 12.2 Å². The Kier molecular flexibility index (Phi) is 13.4. The van der Waals surface area contributed by atoms with Crippen molar-refractivity contribution in [2.45, 2.75) is 139 Å². The summed E-state index contributed by atoms with van der Waals surface area (Å²) in [7, 11) is 1.45. The van der Waals surface area contributed by atoms with E-state index < -0.39 is 55.5 Å². The summed E-state index contributed by atoms with van der Waals surface area (Å²) in [6.07, 6.45) is 7.78. The Labute approximate surface area is 260 Å². The Bertz CT molecular complexity index is 985. The van der Waals surface area contributed by atoms with Crippen LogP contribution in [0.5, 0.6) is 0 Å². The molecule has 4 N–H and O–H groups in total. The summed E-state index contributed by atoms with van der Waals surface area (Å²) < 4.78 is 35.7. The minimum absolute atomic E-state index is 0.0217. The van der Waals surface area contributed by atoms with Crippen molar-refractivity contribution >= 4 is 5.97 Å². The van der Waals surface area contributed by atoms with Gasteiger partial charge in [0.2, 0.25) is 0 Å². The summed E-state index contributed by atoms with van der Waals surface area (Å²) in [5.41, 5.74) is 0. The Hall–Kier alpha value is -1.67. The van der Waals surface area contributed by atoms with Crippen LogP contribution in [-0.2, 0) is 33.2 Å². The highest BCUT2D eigenvalue weighted by molar-refractivity contribution is 5.82. The predicted molar refractivity (Wildman–Crippen MR) is 160 cm³/mol. The Morgan fingerprint density at radius 3 is 2.39 bits per heavy atom. The monoisotopic (exact) mass is 624 g/mol. The van der Waals surface area contributed by atoms with Crippen LogP contribution in [0.4, 0.5) is 0 Å². The molecule has 4 aliphatic rings. The molecule has 0 unspecified atom stereocenters. The molecule has 0 amide bonds. The average molecular weight is 625 g/mol. The molecule has 4 bridgehead atoms. The van der Waals surface area contributed by atoms with Crippen LogP contribution in [0.1, 0.15) is 65.7 Å². The molecule has 0 radical (unpaired) electrons. The first kappa shape index (κ1) is 35.2. The van der Waals surface area contributed by atoms with Gasteiger partial charge in [-0.3, -0.25) is 0 Å². The number of aliphatic hydroxyl groups is 4. The van der Waals surface area contributed by atoms with Crippen molar-refractivity contribution < 1.29 is 53.6 Å². The van der Waals surface area contributed by atoms with Crippen molar-refractivity contribution in [1.29, 1.82) is 0 Å². The molecule has 0 aromatic carbocycles. The Morgan fingerprint density at radius 1 is 0.864 bits per heavy atom. The van der Waals surface area contributed by atoms with Gasteiger partial charge in [-0.1, -0.05) is 44.2 Å². The number of ether oxygens (including phenoxy) is 6. The third-order valence-corrected chi connectivity index (χ3v) is 9.17. The van der Waals surface area contributed by atoms with Crippen LogP contribution in [-0.4, -0.2) is 114 Å². The lowest BCUT2D eigenvalue weighted by Gasteiger charge is -2.43. The van der Waals surface area contributed by atoms with Gasteiger partial charge in [0.05, 0.1) is 49.3 Å². The number of allylic oxidation sites excluding steroid dienone is 3. The number of hydrogen-bond donors (Lipinski definition) is 4. The molecule has 11 heteroatoms. The van der Waals surface area contributed by atoms with Crippen molar-refractivity contribution in [3.8, 4) is 0 Å². The molecule has 3 fully saturated rings. The van der Waals surface area contributed by atoms with E-state index in [0.717, 1.165) is 12.8 Å². The number of rotatable bonds is 4. The molecule has 0 saturated carbocycles. The summed E-state index contributed by atoms with van der Waals surface area (Å²) in [4.78, 5) is 12.6. The maximum Gasteiger partial charge on any atom is 0.330 e. The number of carbonyl (C=O) groups is 1. The van der Waals surface area contributed by atoms with Gasteiger partial charge in [0.25, 0.3) is 0 Å². The molecule has 250 valence electrons. The van der Waals surface area contributed by atoms with E-state index in [2.05, 4.69) is 26.0 Å². The third kappa shape index (κ3) is 9.67. The van der Waals surface area contributed by atoms with Crippen LogP contribution in [0.2, 0.25) is 0 Å². The summed E-state index contributed by atoms with van der Waals surface area (Å²) in [6, 6.07) is 0. The van der Waals surface area contributed by atoms with E-state index >= 15 is 0 Å². The number of methoxy groups -OCH3 is 1. The predicted octanol–water partition coefficient (Wildman–Crippen LogP) is 2.34. The lowest BCUT2D eigenvalue weighted by Crippen LogP contribution is -2.59. The zero-order valence-electron chi connectivity index (χ0n) is 26.4. The van der Waals surface area contributed by atoms with Gasteiger partial charge in [-0.15, -0.1) is 0 Å². The van der Waals surface area contributed by atoms with Crippen LogP contribution < -0.4 is 0 Å². The zero-order chi connectivity index (χ0) is 31.8. The normalized spacial score (nSPS) is 46.8. The number of hydrogen-bond acceptors (Lipinski definition) is 11. The summed E-state index contributed by atoms with van der Waals surface area (Å²) in [5, 5.41) is 41.4. The van der Waals surface area contributed by atoms with Crippen molar-refractivity contribution in [3.05, 3.63) is 36.5 Å². The Morgan fingerprint density at radius 2 is 1.64 bits per heavy atom. The van der Waals surface area contributed by atoms with E-state index in [1.165, 1.54) is 13.2 Å². The molecular weight excluding hydrogens is 572 g/mol. The van der Waals surface area contributed by atoms with Gasteiger partial charge < -0.3 is 48.8 Å². The molecule has 3 saturated heterocycles. The van der Waals surface area contributed by atoms with Gasteiger partial charge in [0.1, 0.15) is 24.4 Å². The second-order valence-electron chi connectivity index (χ2n) is 12.9. The first-order chi connectivity index (χ1) is 21.1. The van der Waals surface area contributed by atoms with Crippen molar-refractivity contribution in [3.63, 3.8) is 0 Å². The molecule has 4 aliphatic heterocycles. The van der Waals surface area contributed by atoms with Gasteiger partial charge in [0.15, 0.2) is 6.29 Å². The van der Waals surface area contributed by atoms with Gasteiger partial charge in [-0.25, -0.2) is 4.79 Å². The largest absolute Gasteiger partial charge is 0.457 e. The summed E-state index contributed by atoms with van der Waals surface area (Å²) >= 11 is 0. The highest BCUT2D eigenvalue weighted by Gasteiger charge is 2.45. The second kappa shape index (κ2) is 16.8. The topological polar surface area (TPSA) is 153 Å². The summed E-state index contributed by atoms with van der Waals surface area (Å²) in [5.74, 6) is -0.126. The van der Waals surface area contributed by atoms with E-state index in [1.54, 1.807) is 13.0 Å². The molecule has 4 rings (SSSR count). The Balaban J connectivity index is 1.47. The maximum absolute atomic E-state index is 12.6. The lowest BCUT2D eigenvalue weighted by atomic mass is 9.92. The maximum atomic E-state index is 12.6. The van der Waals surface area contributed by atoms with E-state index in [4.69, 9.17) is 28.4 Å².